The summed E-state index contributed by atoms with van der Waals surface area (Å²) >= 11 is 0. The number of rotatable bonds is 12. The lowest BCUT2D eigenvalue weighted by Crippen LogP contribution is -2.81. The molecule has 0 radical (unpaired) electrons. The van der Waals surface area contributed by atoms with Crippen molar-refractivity contribution in [3.63, 3.8) is 0 Å². The predicted molar refractivity (Wildman–Crippen MR) is 207 cm³/mol. The molecule has 0 unspecified atom stereocenters. The summed E-state index contributed by atoms with van der Waals surface area (Å²) in [4.78, 5) is 0. The Kier molecular flexibility index (Phi) is 15.2. The Balaban J connectivity index is 0.000000400. The summed E-state index contributed by atoms with van der Waals surface area (Å²) in [7, 11) is 1.31. The average Bonchev–Trinajstić information content (AvgIpc) is 3.29. The van der Waals surface area contributed by atoms with E-state index in [1.54, 1.807) is 0 Å². The number of quaternary nitrogens is 1. The Morgan fingerprint density at radius 3 is 0.712 bits per heavy atom. The van der Waals surface area contributed by atoms with Gasteiger partial charge in [0.1, 0.15) is 65.8 Å². The van der Waals surface area contributed by atoms with Crippen LogP contribution in [-0.4, -0.2) is 34.6 Å². The number of nitrogens with two attached hydrogens (primary N) is 1. The average molecular weight is 954 g/mol. The quantitative estimate of drug-likeness (QED) is 0.0772. The maximum absolute atomic E-state index is 16.1. The lowest BCUT2D eigenvalue weighted by atomic mass is 9.12. The van der Waals surface area contributed by atoms with E-state index < -0.39 is 144 Å². The van der Waals surface area contributed by atoms with Crippen molar-refractivity contribution in [2.24, 2.45) is 0 Å². The second kappa shape index (κ2) is 19.9. The van der Waals surface area contributed by atoms with Crippen molar-refractivity contribution < 1.29 is 94.5 Å². The first kappa shape index (κ1) is 50.4. The van der Waals surface area contributed by atoms with Crippen LogP contribution in [0.2, 0.25) is 0 Å². The van der Waals surface area contributed by atoms with Crippen molar-refractivity contribution in [1.82, 2.24) is 0 Å². The molecule has 0 saturated heterocycles. The minimum absolute atomic E-state index is 0.327. The highest BCUT2D eigenvalue weighted by Crippen LogP contribution is 2.36. The summed E-state index contributed by atoms with van der Waals surface area (Å²) in [6.45, 7) is 6.47. The molecule has 0 aromatic heterocycles. The third-order valence-corrected chi connectivity index (χ3v) is 10.8. The number of methoxy groups -OCH3 is 4. The molecule has 5 nitrogen and oxygen atoms in total. The van der Waals surface area contributed by atoms with Gasteiger partial charge >= 0.3 is 0 Å². The summed E-state index contributed by atoms with van der Waals surface area (Å²) in [5.74, 6) is -57.7. The number of halogens is 16. The van der Waals surface area contributed by atoms with Crippen LogP contribution in [0.1, 0.15) is 22.3 Å². The maximum atomic E-state index is 16.1. The first-order valence-electron chi connectivity index (χ1n) is 18.8. The van der Waals surface area contributed by atoms with Gasteiger partial charge in [0.15, 0.2) is 23.0 Å². The van der Waals surface area contributed by atoms with Gasteiger partial charge in [-0.3, -0.25) is 0 Å². The van der Waals surface area contributed by atoms with E-state index in [1.807, 2.05) is 0 Å². The maximum Gasteiger partial charge on any atom is 0.200 e. The van der Waals surface area contributed by atoms with Gasteiger partial charge < -0.3 is 24.3 Å². The Hall–Kier alpha value is -6.58. The van der Waals surface area contributed by atoms with Crippen LogP contribution in [0.15, 0.2) is 48.5 Å². The van der Waals surface area contributed by atoms with Crippen LogP contribution < -0.4 is 46.1 Å². The van der Waals surface area contributed by atoms with Crippen molar-refractivity contribution in [3.05, 3.63) is 164 Å². The van der Waals surface area contributed by atoms with E-state index in [0.29, 0.717) is 28.4 Å². The van der Waals surface area contributed by atoms with Crippen LogP contribution in [0, 0.1) is 107 Å². The first-order chi connectivity index (χ1) is 31.1. The standard InChI is InChI=1S/C28H12BF16O4.C16H19N/c1-46-25-17(38)9(30)5(10(31)18(25)39)29(6-11(32)19(40)26(47-2)20(41)12(6)33,7-13(34)21(42)27(48-3)22(43)14(7)35)8-15(36)23(44)28(49-4)24(45)16(8)37;1-13-7-3-5-9-15(13)11-17-12-16-10-6-4-8-14(16)2/h1-4H3;3-10,17H,11-12H2,1-2H3/q-1;/p+1. The largest absolute Gasteiger partial charge is 0.491 e. The second-order valence-electron chi connectivity index (χ2n) is 14.2. The Bertz CT molecular complexity index is 2410. The molecule has 0 fully saturated rings. The summed E-state index contributed by atoms with van der Waals surface area (Å²) in [6, 6.07) is 17.2. The van der Waals surface area contributed by atoms with Crippen LogP contribution in [0.3, 0.4) is 0 Å². The van der Waals surface area contributed by atoms with Crippen LogP contribution in [0.25, 0.3) is 0 Å². The van der Waals surface area contributed by atoms with Gasteiger partial charge in [0.05, 0.1) is 28.4 Å². The summed E-state index contributed by atoms with van der Waals surface area (Å²) < 4.78 is 267. The minimum atomic E-state index is -6.80. The fraction of sp³-hybridized carbons (Fsp3) is 0.182. The number of hydrogen-bond donors (Lipinski definition) is 1. The van der Waals surface area contributed by atoms with Crippen LogP contribution in [-0.2, 0) is 13.1 Å². The zero-order valence-corrected chi connectivity index (χ0v) is 34.9. The molecule has 66 heavy (non-hydrogen) atoms. The third-order valence-electron chi connectivity index (χ3n) is 10.8. The predicted octanol–water partition coefficient (Wildman–Crippen LogP) is 7.89. The highest BCUT2D eigenvalue weighted by Gasteiger charge is 2.52. The zero-order chi connectivity index (χ0) is 49.3. The molecule has 0 bridgehead atoms. The Morgan fingerprint density at radius 1 is 0.333 bits per heavy atom. The van der Waals surface area contributed by atoms with E-state index in [9.17, 15) is 0 Å². The lowest BCUT2D eigenvalue weighted by Gasteiger charge is -2.45. The molecule has 0 atom stereocenters. The monoisotopic (exact) mass is 953 g/mol. The van der Waals surface area contributed by atoms with Crippen molar-refractivity contribution in [3.8, 4) is 23.0 Å². The van der Waals surface area contributed by atoms with Crippen molar-refractivity contribution in [2.45, 2.75) is 26.9 Å². The molecule has 6 aromatic rings. The fourth-order valence-corrected chi connectivity index (χ4v) is 7.68. The fourth-order valence-electron chi connectivity index (χ4n) is 7.68. The highest BCUT2D eigenvalue weighted by molar-refractivity contribution is 7.20. The number of benzene rings is 6. The van der Waals surface area contributed by atoms with E-state index in [1.165, 1.54) is 22.3 Å². The van der Waals surface area contributed by atoms with Gasteiger partial charge in [0.25, 0.3) is 0 Å². The summed E-state index contributed by atoms with van der Waals surface area (Å²) in [5, 5.41) is 2.37. The summed E-state index contributed by atoms with van der Waals surface area (Å²) in [5.41, 5.74) is -6.98. The van der Waals surface area contributed by atoms with Gasteiger partial charge in [-0.2, -0.15) is 35.1 Å². The molecule has 0 amide bonds. The molecule has 22 heteroatoms. The molecule has 0 aliphatic carbocycles. The molecule has 0 aliphatic rings. The van der Waals surface area contributed by atoms with Gasteiger partial charge in [0, 0.05) is 11.1 Å². The normalized spacial score (nSPS) is 11.4. The zero-order valence-electron chi connectivity index (χ0n) is 34.9. The molecule has 6 aromatic carbocycles. The SMILES string of the molecule is COc1c(F)c(F)c([B-](c2c(F)c(F)c(OC)c(F)c2F)(c2c(F)c(F)c(OC)c(F)c2F)c2c(F)c(F)c(OC)c(F)c2F)c(F)c1F.Cc1ccccc1C[NH2+]Cc1ccccc1C. The molecule has 0 aliphatic heterocycles. The van der Waals surface area contributed by atoms with Crippen molar-refractivity contribution >= 4 is 28.0 Å². The van der Waals surface area contributed by atoms with Gasteiger partial charge in [-0.05, 0) is 25.0 Å². The molecule has 6 rings (SSSR count). The van der Waals surface area contributed by atoms with E-state index in [-0.39, 0.29) is 0 Å². The smallest absolute Gasteiger partial charge is 0.200 e. The van der Waals surface area contributed by atoms with E-state index >= 15 is 70.2 Å². The first-order valence-corrected chi connectivity index (χ1v) is 18.8. The van der Waals surface area contributed by atoms with Crippen molar-refractivity contribution in [2.75, 3.05) is 28.4 Å². The van der Waals surface area contributed by atoms with E-state index in [0.717, 1.165) is 13.1 Å². The van der Waals surface area contributed by atoms with Gasteiger partial charge in [0.2, 0.25) is 46.5 Å². The number of aryl methyl sites for hydroxylation is 2. The van der Waals surface area contributed by atoms with Gasteiger partial charge in [-0.15, -0.1) is 21.9 Å². The third kappa shape index (κ3) is 8.19. The van der Waals surface area contributed by atoms with Crippen LogP contribution in [0.4, 0.5) is 70.2 Å². The second-order valence-corrected chi connectivity index (χ2v) is 14.2. The molecular weight excluding hydrogens is 921 g/mol. The number of hydrogen-bond acceptors (Lipinski definition) is 4. The van der Waals surface area contributed by atoms with Crippen LogP contribution >= 0.6 is 0 Å². The van der Waals surface area contributed by atoms with Crippen LogP contribution in [0.5, 0.6) is 23.0 Å². The number of ether oxygens (including phenoxy) is 4. The molecule has 0 heterocycles. The summed E-state index contributed by atoms with van der Waals surface area (Å²) in [6.07, 6.45) is -6.80. The molecular formula is C44H32BF16NO4. The molecule has 2 N–H and O–H groups in total. The Labute approximate surface area is 364 Å². The minimum Gasteiger partial charge on any atom is -0.491 e. The topological polar surface area (TPSA) is 53.5 Å². The van der Waals surface area contributed by atoms with Gasteiger partial charge in [-0.25, -0.2) is 35.1 Å². The highest BCUT2D eigenvalue weighted by atomic mass is 19.2. The molecule has 352 valence electrons. The molecule has 0 spiro atoms. The molecule has 0 saturated carbocycles. The van der Waals surface area contributed by atoms with Crippen molar-refractivity contribution in [1.29, 1.82) is 0 Å². The Morgan fingerprint density at radius 2 is 0.530 bits per heavy atom. The van der Waals surface area contributed by atoms with E-state index in [4.69, 9.17) is 0 Å². The van der Waals surface area contributed by atoms with E-state index in [2.05, 4.69) is 86.6 Å². The van der Waals surface area contributed by atoms with Gasteiger partial charge in [-0.1, -0.05) is 48.5 Å². The lowest BCUT2D eigenvalue weighted by molar-refractivity contribution is -0.686.